The van der Waals surface area contributed by atoms with Gasteiger partial charge in [0.05, 0.1) is 43.5 Å². The van der Waals surface area contributed by atoms with E-state index in [1.807, 2.05) is 28.8 Å². The van der Waals surface area contributed by atoms with Gasteiger partial charge in [0.1, 0.15) is 0 Å². The Bertz CT molecular complexity index is 1240. The number of aromatic nitrogens is 1. The average Bonchev–Trinajstić information content (AvgIpc) is 2.91. The molecule has 3 heterocycles. The van der Waals surface area contributed by atoms with Gasteiger partial charge in [0.25, 0.3) is 0 Å². The Balaban J connectivity index is 1.54. The molecule has 0 atom stereocenters. The lowest BCUT2D eigenvalue weighted by atomic mass is 10.1. The first-order chi connectivity index (χ1) is 17.1. The third kappa shape index (κ3) is 5.24. The summed E-state index contributed by atoms with van der Waals surface area (Å²) in [6.07, 6.45) is 1.83. The fourth-order valence-electron chi connectivity index (χ4n) is 4.60. The van der Waals surface area contributed by atoms with Gasteiger partial charge in [-0.1, -0.05) is 13.0 Å². The van der Waals surface area contributed by atoms with Crippen molar-refractivity contribution in [2.24, 2.45) is 0 Å². The molecule has 0 spiro atoms. The predicted octanol–water partition coefficient (Wildman–Crippen LogP) is 2.97. The van der Waals surface area contributed by atoms with Crippen LogP contribution in [-0.2, 0) is 20.8 Å². The number of anilines is 1. The van der Waals surface area contributed by atoms with Gasteiger partial charge in [0.15, 0.2) is 5.75 Å². The molecule has 0 N–H and O–H groups in total. The maximum Gasteiger partial charge on any atom is 0.311 e. The number of benzene rings is 2. The topological polar surface area (TPSA) is 73.2 Å². The van der Waals surface area contributed by atoms with E-state index in [0.29, 0.717) is 5.39 Å². The van der Waals surface area contributed by atoms with Crippen LogP contribution in [0.2, 0.25) is 0 Å². The Morgan fingerprint density at radius 3 is 2.26 bits per heavy atom. The summed E-state index contributed by atoms with van der Waals surface area (Å²) in [7, 11) is 0. The summed E-state index contributed by atoms with van der Waals surface area (Å²) in [5.41, 5.74) is 3.57. The van der Waals surface area contributed by atoms with Crippen molar-refractivity contribution in [3.05, 3.63) is 64.4 Å². The molecule has 5 rings (SSSR count). The number of carbonyl (C=O) groups excluding carboxylic acids is 1. The zero-order chi connectivity index (χ0) is 24.2. The van der Waals surface area contributed by atoms with Crippen LogP contribution in [0.3, 0.4) is 0 Å². The van der Waals surface area contributed by atoms with Crippen molar-refractivity contribution in [2.75, 3.05) is 57.5 Å². The fraction of sp³-hybridized carbons (Fsp3) is 0.407. The predicted molar refractivity (Wildman–Crippen MR) is 135 cm³/mol. The van der Waals surface area contributed by atoms with E-state index in [4.69, 9.17) is 14.2 Å². The molecule has 0 radical (unpaired) electrons. The molecule has 0 aliphatic carbocycles. The summed E-state index contributed by atoms with van der Waals surface area (Å²) in [6.45, 7) is 8.81. The van der Waals surface area contributed by atoms with Crippen molar-refractivity contribution in [2.45, 2.75) is 19.9 Å². The molecule has 1 aromatic heterocycles. The highest BCUT2D eigenvalue weighted by Crippen LogP contribution is 2.25. The molecule has 0 saturated carbocycles. The number of hydrogen-bond acceptors (Lipinski definition) is 7. The Morgan fingerprint density at radius 1 is 0.914 bits per heavy atom. The van der Waals surface area contributed by atoms with Crippen LogP contribution in [0, 0.1) is 0 Å². The maximum absolute atomic E-state index is 13.3. The lowest BCUT2D eigenvalue weighted by Crippen LogP contribution is -2.36. The number of pyridine rings is 1. The minimum atomic E-state index is -0.430. The fourth-order valence-corrected chi connectivity index (χ4v) is 4.60. The monoisotopic (exact) mass is 477 g/mol. The van der Waals surface area contributed by atoms with Gasteiger partial charge in [-0.15, -0.1) is 0 Å². The second-order valence-electron chi connectivity index (χ2n) is 8.88. The molecule has 3 aromatic rings. The van der Waals surface area contributed by atoms with Crippen LogP contribution >= 0.6 is 0 Å². The molecule has 2 aliphatic rings. The van der Waals surface area contributed by atoms with Crippen LogP contribution in [0.4, 0.5) is 5.69 Å². The molecular weight excluding hydrogens is 446 g/mol. The molecule has 2 aliphatic heterocycles. The summed E-state index contributed by atoms with van der Waals surface area (Å²) >= 11 is 0. The molecule has 2 saturated heterocycles. The number of rotatable bonds is 6. The van der Waals surface area contributed by atoms with E-state index in [0.717, 1.165) is 81.6 Å². The Labute approximate surface area is 204 Å². The first-order valence-electron chi connectivity index (χ1n) is 12.2. The molecule has 184 valence electrons. The Hall–Kier alpha value is -3.20. The van der Waals surface area contributed by atoms with Gasteiger partial charge in [0.2, 0.25) is 5.43 Å². The minimum absolute atomic E-state index is 0.0464. The normalized spacial score (nSPS) is 17.0. The first kappa shape index (κ1) is 23.5. The van der Waals surface area contributed by atoms with Crippen LogP contribution in [-0.4, -0.2) is 68.0 Å². The standard InChI is InChI=1S/C27H31N3O5/c1-2-26(31)35-25-19-30(22-6-4-21(5-7-22)29-11-15-34-16-12-29)24-8-3-20(17-23(24)27(25)32)18-28-9-13-33-14-10-28/h3-8,17,19H,2,9-16,18H2,1H3. The van der Waals surface area contributed by atoms with Crippen LogP contribution in [0.1, 0.15) is 18.9 Å². The molecule has 0 amide bonds. The molecule has 35 heavy (non-hydrogen) atoms. The van der Waals surface area contributed by atoms with Gasteiger partial charge in [-0.25, -0.2) is 0 Å². The number of esters is 1. The summed E-state index contributed by atoms with van der Waals surface area (Å²) in [5, 5.41) is 0.536. The summed E-state index contributed by atoms with van der Waals surface area (Å²) < 4.78 is 18.3. The first-order valence-corrected chi connectivity index (χ1v) is 12.2. The van der Waals surface area contributed by atoms with Gasteiger partial charge in [-0.2, -0.15) is 0 Å². The molecule has 2 fully saturated rings. The molecule has 2 aromatic carbocycles. The highest BCUT2D eigenvalue weighted by Gasteiger charge is 2.17. The van der Waals surface area contributed by atoms with Crippen molar-refractivity contribution in [1.29, 1.82) is 0 Å². The molecule has 0 unspecified atom stereocenters. The van der Waals surface area contributed by atoms with Crippen LogP contribution < -0.4 is 15.1 Å². The van der Waals surface area contributed by atoms with E-state index >= 15 is 0 Å². The highest BCUT2D eigenvalue weighted by atomic mass is 16.5. The Kier molecular flexibility index (Phi) is 7.13. The highest BCUT2D eigenvalue weighted by molar-refractivity contribution is 5.84. The van der Waals surface area contributed by atoms with E-state index in [1.54, 1.807) is 13.1 Å². The van der Waals surface area contributed by atoms with Crippen LogP contribution in [0.5, 0.6) is 5.75 Å². The van der Waals surface area contributed by atoms with E-state index < -0.39 is 5.97 Å². The second kappa shape index (κ2) is 10.6. The van der Waals surface area contributed by atoms with E-state index in [1.165, 1.54) is 0 Å². The van der Waals surface area contributed by atoms with Crippen molar-refractivity contribution < 1.29 is 19.0 Å². The number of morpholine rings is 2. The van der Waals surface area contributed by atoms with Gasteiger partial charge in [-0.05, 0) is 42.0 Å². The third-order valence-corrected chi connectivity index (χ3v) is 6.56. The summed E-state index contributed by atoms with van der Waals surface area (Å²) in [5.74, 6) is -0.384. The lowest BCUT2D eigenvalue weighted by molar-refractivity contribution is -0.134. The summed E-state index contributed by atoms with van der Waals surface area (Å²) in [4.78, 5) is 30.0. The number of carbonyl (C=O) groups is 1. The molecular formula is C27H31N3O5. The third-order valence-electron chi connectivity index (χ3n) is 6.56. The minimum Gasteiger partial charge on any atom is -0.421 e. The second-order valence-corrected chi connectivity index (χ2v) is 8.88. The van der Waals surface area contributed by atoms with Crippen molar-refractivity contribution in [3.8, 4) is 11.4 Å². The van der Waals surface area contributed by atoms with Gasteiger partial charge >= 0.3 is 5.97 Å². The number of fused-ring (bicyclic) bond motifs is 1. The number of nitrogens with zero attached hydrogens (tertiary/aromatic N) is 3. The molecule has 8 nitrogen and oxygen atoms in total. The smallest absolute Gasteiger partial charge is 0.311 e. The quantitative estimate of drug-likeness (QED) is 0.506. The SMILES string of the molecule is CCC(=O)Oc1cn(-c2ccc(N3CCOCC3)cc2)c2ccc(CN3CCOCC3)cc2c1=O. The van der Waals surface area contributed by atoms with Crippen molar-refractivity contribution in [1.82, 2.24) is 9.47 Å². The zero-order valence-corrected chi connectivity index (χ0v) is 20.1. The van der Waals surface area contributed by atoms with E-state index in [2.05, 4.69) is 28.0 Å². The molecule has 0 bridgehead atoms. The van der Waals surface area contributed by atoms with Crippen LogP contribution in [0.15, 0.2) is 53.5 Å². The van der Waals surface area contributed by atoms with Gasteiger partial charge < -0.3 is 23.7 Å². The number of hydrogen-bond donors (Lipinski definition) is 0. The van der Waals surface area contributed by atoms with Crippen molar-refractivity contribution >= 4 is 22.6 Å². The van der Waals surface area contributed by atoms with E-state index in [9.17, 15) is 9.59 Å². The zero-order valence-electron chi connectivity index (χ0n) is 20.1. The number of ether oxygens (including phenoxy) is 3. The van der Waals surface area contributed by atoms with Crippen LogP contribution in [0.25, 0.3) is 16.6 Å². The van der Waals surface area contributed by atoms with E-state index in [-0.39, 0.29) is 17.6 Å². The maximum atomic E-state index is 13.3. The van der Waals surface area contributed by atoms with Crippen molar-refractivity contribution in [3.63, 3.8) is 0 Å². The summed E-state index contributed by atoms with van der Waals surface area (Å²) in [6, 6.07) is 14.2. The lowest BCUT2D eigenvalue weighted by Gasteiger charge is -2.29. The van der Waals surface area contributed by atoms with Gasteiger partial charge in [-0.3, -0.25) is 14.5 Å². The molecule has 8 heteroatoms. The van der Waals surface area contributed by atoms with Gasteiger partial charge in [0, 0.05) is 50.5 Å². The Morgan fingerprint density at radius 2 is 1.57 bits per heavy atom. The largest absolute Gasteiger partial charge is 0.421 e. The average molecular weight is 478 g/mol.